The number of benzene rings is 3. The SMILES string of the molecule is CCC(=Cc1sc2cc(Cl)c(Cl)cc2[n+]1CC)C=C1Sc2cc(Cl)c(Cl)cc2N1CC.Cc1ccc(S(=O)(=O)[O-])cc1. The predicted octanol–water partition coefficient (Wildman–Crippen LogP) is 9.99. The number of thiazole rings is 1. The van der Waals surface area contributed by atoms with Crippen molar-refractivity contribution in [2.75, 3.05) is 11.4 Å². The van der Waals surface area contributed by atoms with E-state index in [-0.39, 0.29) is 4.90 Å². The number of allylic oxidation sites excluding steroid dienone is 2. The van der Waals surface area contributed by atoms with Crippen molar-refractivity contribution in [1.82, 2.24) is 0 Å². The van der Waals surface area contributed by atoms with E-state index in [2.05, 4.69) is 42.4 Å². The Labute approximate surface area is 275 Å². The van der Waals surface area contributed by atoms with E-state index in [1.54, 1.807) is 35.2 Å². The molecular weight excluding hydrogens is 674 g/mol. The Balaban J connectivity index is 0.000000310. The molecule has 0 fully saturated rings. The summed E-state index contributed by atoms with van der Waals surface area (Å²) in [6.07, 6.45) is 5.44. The summed E-state index contributed by atoms with van der Waals surface area (Å²) < 4.78 is 34.6. The first kappa shape index (κ1) is 33.1. The Hall–Kier alpha value is -1.75. The summed E-state index contributed by atoms with van der Waals surface area (Å²) in [6, 6.07) is 13.6. The van der Waals surface area contributed by atoms with Crippen LogP contribution in [0.2, 0.25) is 20.1 Å². The van der Waals surface area contributed by atoms with E-state index in [9.17, 15) is 13.0 Å². The fourth-order valence-electron chi connectivity index (χ4n) is 4.33. The van der Waals surface area contributed by atoms with Crippen LogP contribution in [0.1, 0.15) is 37.8 Å². The van der Waals surface area contributed by atoms with Crippen molar-refractivity contribution >= 4 is 102 Å². The fourth-order valence-corrected chi connectivity index (χ4v) is 8.02. The van der Waals surface area contributed by atoms with Crippen LogP contribution in [0.25, 0.3) is 16.3 Å². The van der Waals surface area contributed by atoms with E-state index in [4.69, 9.17) is 46.4 Å². The maximum Gasteiger partial charge on any atom is 0.263 e. The average Bonchev–Trinajstić information content (AvgIpc) is 3.44. The van der Waals surface area contributed by atoms with Gasteiger partial charge in [0.25, 0.3) is 5.01 Å². The second-order valence-electron chi connectivity index (χ2n) is 9.32. The molecule has 2 heterocycles. The van der Waals surface area contributed by atoms with Crippen molar-refractivity contribution < 1.29 is 17.5 Å². The van der Waals surface area contributed by atoms with E-state index >= 15 is 0 Å². The number of hydrogen-bond acceptors (Lipinski definition) is 6. The minimum Gasteiger partial charge on any atom is -0.744 e. The minimum absolute atomic E-state index is 0.178. The van der Waals surface area contributed by atoms with Gasteiger partial charge in [0.2, 0.25) is 5.52 Å². The molecule has 5 rings (SSSR count). The summed E-state index contributed by atoms with van der Waals surface area (Å²) in [5.41, 5.74) is 4.39. The zero-order valence-electron chi connectivity index (χ0n) is 23.3. The van der Waals surface area contributed by atoms with Gasteiger partial charge in [-0.2, -0.15) is 4.57 Å². The largest absolute Gasteiger partial charge is 0.744 e. The third kappa shape index (κ3) is 7.48. The standard InChI is InChI=1S/C23H21Cl4N2S2.C7H8O3S/c1-4-13(7-22-28(5-2)18-9-14(24)16(26)11-20(18)30-22)8-23-29(6-3)19-10-15(25)17(27)12-21(19)31-23;1-6-2-4-7(5-3-6)11(8,9)10/h7-12H,4-6H2,1-3H3;2-5H,1H3,(H,8,9,10)/q+1;/p-1. The molecule has 12 heteroatoms. The van der Waals surface area contributed by atoms with Crippen molar-refractivity contribution in [3.8, 4) is 0 Å². The highest BCUT2D eigenvalue weighted by Gasteiger charge is 2.26. The van der Waals surface area contributed by atoms with Crippen LogP contribution in [0.3, 0.4) is 0 Å². The summed E-state index contributed by atoms with van der Waals surface area (Å²) in [4.78, 5) is 3.24. The van der Waals surface area contributed by atoms with Crippen LogP contribution in [0.5, 0.6) is 0 Å². The summed E-state index contributed by atoms with van der Waals surface area (Å²) in [5, 5.41) is 4.70. The molecule has 0 saturated carbocycles. The van der Waals surface area contributed by atoms with Crippen molar-refractivity contribution in [3.63, 3.8) is 0 Å². The molecule has 42 heavy (non-hydrogen) atoms. The van der Waals surface area contributed by atoms with Crippen LogP contribution >= 0.6 is 69.5 Å². The lowest BCUT2D eigenvalue weighted by Crippen LogP contribution is -2.33. The molecule has 4 aromatic rings. The molecule has 222 valence electrons. The van der Waals surface area contributed by atoms with Crippen molar-refractivity contribution in [2.24, 2.45) is 0 Å². The van der Waals surface area contributed by atoms with Crippen LogP contribution in [0, 0.1) is 6.92 Å². The smallest absolute Gasteiger partial charge is 0.263 e. The van der Waals surface area contributed by atoms with E-state index in [1.165, 1.54) is 27.7 Å². The van der Waals surface area contributed by atoms with Gasteiger partial charge in [-0.05, 0) is 69.2 Å². The van der Waals surface area contributed by atoms with Crippen LogP contribution in [0.15, 0.2) is 75.0 Å². The highest BCUT2D eigenvalue weighted by Crippen LogP contribution is 2.49. The second kappa shape index (κ2) is 13.9. The third-order valence-corrected chi connectivity index (χ3v) is 11.0. The zero-order valence-corrected chi connectivity index (χ0v) is 28.7. The molecule has 0 saturated heterocycles. The van der Waals surface area contributed by atoms with Gasteiger partial charge in [-0.15, -0.1) is 0 Å². The van der Waals surface area contributed by atoms with E-state index in [0.717, 1.165) is 45.9 Å². The van der Waals surface area contributed by atoms with Gasteiger partial charge in [0.15, 0.2) is 0 Å². The molecule has 0 spiro atoms. The van der Waals surface area contributed by atoms with Gasteiger partial charge in [0, 0.05) is 23.6 Å². The number of aryl methyl sites for hydroxylation is 2. The quantitative estimate of drug-likeness (QED) is 0.148. The molecule has 0 radical (unpaired) electrons. The number of hydrogen-bond donors (Lipinski definition) is 0. The van der Waals surface area contributed by atoms with Gasteiger partial charge >= 0.3 is 0 Å². The van der Waals surface area contributed by atoms with Crippen LogP contribution in [-0.2, 0) is 16.7 Å². The molecule has 5 nitrogen and oxygen atoms in total. The molecule has 0 amide bonds. The minimum atomic E-state index is -4.27. The Morgan fingerprint density at radius 1 is 0.952 bits per heavy atom. The van der Waals surface area contributed by atoms with E-state index in [0.29, 0.717) is 20.1 Å². The zero-order chi connectivity index (χ0) is 30.8. The van der Waals surface area contributed by atoms with Gasteiger partial charge in [-0.1, -0.05) is 94.1 Å². The molecule has 1 aromatic heterocycles. The lowest BCUT2D eigenvalue weighted by molar-refractivity contribution is -0.665. The van der Waals surface area contributed by atoms with Gasteiger partial charge in [0.05, 0.1) is 35.7 Å². The lowest BCUT2D eigenvalue weighted by Gasteiger charge is -2.18. The van der Waals surface area contributed by atoms with Crippen molar-refractivity contribution in [1.29, 1.82) is 0 Å². The summed E-state index contributed by atoms with van der Waals surface area (Å²) in [5.74, 6) is 0. The van der Waals surface area contributed by atoms with Crippen LogP contribution in [0.4, 0.5) is 5.69 Å². The molecule has 0 aliphatic carbocycles. The topological polar surface area (TPSA) is 64.3 Å². The second-order valence-corrected chi connectivity index (χ2v) is 14.5. The number of rotatable bonds is 6. The van der Waals surface area contributed by atoms with Crippen molar-refractivity contribution in [2.45, 2.75) is 50.5 Å². The number of aromatic nitrogens is 1. The molecule has 0 unspecified atom stereocenters. The van der Waals surface area contributed by atoms with Crippen LogP contribution in [-0.4, -0.2) is 19.5 Å². The van der Waals surface area contributed by atoms with Gasteiger partial charge < -0.3 is 9.45 Å². The molecule has 1 aliphatic heterocycles. The molecule has 0 bridgehead atoms. The highest BCUT2D eigenvalue weighted by molar-refractivity contribution is 8.03. The number of thioether (sulfide) groups is 1. The molecule has 3 aromatic carbocycles. The van der Waals surface area contributed by atoms with Crippen molar-refractivity contribution in [3.05, 3.63) is 95.9 Å². The Bertz CT molecular complexity index is 1800. The molecule has 0 N–H and O–H groups in total. The summed E-state index contributed by atoms with van der Waals surface area (Å²) in [6.45, 7) is 10.0. The predicted molar refractivity (Wildman–Crippen MR) is 179 cm³/mol. The van der Waals surface area contributed by atoms with Gasteiger partial charge in [0.1, 0.15) is 21.4 Å². The first-order chi connectivity index (χ1) is 19.9. The molecule has 1 aliphatic rings. The summed E-state index contributed by atoms with van der Waals surface area (Å²) in [7, 11) is -4.27. The monoisotopic (exact) mass is 700 g/mol. The number of halogens is 4. The maximum absolute atomic E-state index is 10.4. The first-order valence-corrected chi connectivity index (χ1v) is 17.6. The Morgan fingerprint density at radius 3 is 2.17 bits per heavy atom. The van der Waals surface area contributed by atoms with E-state index in [1.807, 2.05) is 31.2 Å². The molecular formula is C30H28Cl4N2O3S3. The Morgan fingerprint density at radius 2 is 1.57 bits per heavy atom. The first-order valence-electron chi connectivity index (χ1n) is 13.1. The average molecular weight is 703 g/mol. The summed E-state index contributed by atoms with van der Waals surface area (Å²) >= 11 is 28.5. The number of nitrogens with zero attached hydrogens (tertiary/aromatic N) is 2. The number of fused-ring (bicyclic) bond motifs is 2. The molecule has 0 atom stereocenters. The van der Waals surface area contributed by atoms with Gasteiger partial charge in [-0.25, -0.2) is 8.42 Å². The van der Waals surface area contributed by atoms with Gasteiger partial charge in [-0.3, -0.25) is 0 Å². The van der Waals surface area contributed by atoms with E-state index < -0.39 is 10.1 Å². The lowest BCUT2D eigenvalue weighted by atomic mass is 10.2. The fraction of sp³-hybridized carbons (Fsp3) is 0.233. The maximum atomic E-state index is 10.4. The number of anilines is 1. The van der Waals surface area contributed by atoms with Crippen LogP contribution < -0.4 is 9.47 Å². The third-order valence-electron chi connectivity index (χ3n) is 6.51. The normalized spacial score (nSPS) is 14.4. The Kier molecular flexibility index (Phi) is 11.0. The highest BCUT2D eigenvalue weighted by atomic mass is 35.5.